The lowest BCUT2D eigenvalue weighted by molar-refractivity contribution is -0.0611. The Morgan fingerprint density at radius 2 is 2.00 bits per heavy atom. The van der Waals surface area contributed by atoms with Crippen LogP contribution in [-0.2, 0) is 4.94 Å². The minimum absolute atomic E-state index is 0. The van der Waals surface area contributed by atoms with Crippen LogP contribution >= 0.6 is 9.90 Å². The maximum atomic E-state index is 10.1. The fourth-order valence-electron chi connectivity index (χ4n) is 0. The van der Waals surface area contributed by atoms with Crippen molar-refractivity contribution in [1.29, 1.82) is 0 Å². The maximum absolute atomic E-state index is 10.1. The molecule has 0 fully saturated rings. The van der Waals surface area contributed by atoms with E-state index in [1.165, 1.54) is 0 Å². The van der Waals surface area contributed by atoms with E-state index in [4.69, 9.17) is 0 Å². The zero-order valence-electron chi connectivity index (χ0n) is 2.78. The zero-order valence-corrected chi connectivity index (χ0v) is 4.19. The minimum atomic E-state index is 0. The largest absolute Gasteiger partial charge is 0.303 e. The number of hydrogen-bond donors (Lipinski definition) is 0. The van der Waals surface area contributed by atoms with E-state index in [1.54, 1.807) is 0 Å². The second-order valence-electron chi connectivity index (χ2n) is 0.256. The van der Waals surface area contributed by atoms with E-state index in [2.05, 4.69) is 11.5 Å². The Morgan fingerprint density at radius 3 is 2.00 bits per heavy atom. The topological polar surface area (TPSA) is 9.23 Å². The third-order valence-electron chi connectivity index (χ3n) is 0.0630. The summed E-state index contributed by atoms with van der Waals surface area (Å²) in [5.41, 5.74) is 0. The molecule has 0 bridgehead atoms. The highest BCUT2D eigenvalue weighted by Gasteiger charge is 1.43. The van der Waals surface area contributed by atoms with Gasteiger partial charge in [-0.25, -0.2) is 0 Å². The molecule has 0 aromatic carbocycles. The minimum Gasteiger partial charge on any atom is -0.303 e. The third kappa shape index (κ3) is 17.4. The number of hydrogen-bond acceptors (Lipinski definition) is 1. The molecule has 0 radical (unpaired) electrons. The fourth-order valence-corrected chi connectivity index (χ4v) is 0. The van der Waals surface area contributed by atoms with Gasteiger partial charge in [-0.2, -0.15) is 9.90 Å². The molecule has 0 aliphatic carbocycles. The SMILES string of the molecule is C=COF.P. The first-order valence-corrected chi connectivity index (χ1v) is 0.798. The van der Waals surface area contributed by atoms with E-state index in [0.29, 0.717) is 6.26 Å². The van der Waals surface area contributed by atoms with Crippen LogP contribution in [0.1, 0.15) is 0 Å². The standard InChI is InChI=1S/C2H3FO.H3P/c1-2-4-3;/h2H,1H2;1H3. The van der Waals surface area contributed by atoms with Crippen molar-refractivity contribution in [2.75, 3.05) is 0 Å². The van der Waals surface area contributed by atoms with E-state index in [1.807, 2.05) is 0 Å². The Hall–Kier alpha value is -0.100. The van der Waals surface area contributed by atoms with Crippen molar-refractivity contribution in [2.45, 2.75) is 0 Å². The van der Waals surface area contributed by atoms with Crippen LogP contribution in [0.2, 0.25) is 0 Å². The predicted octanol–water partition coefficient (Wildman–Crippen LogP) is 1.09. The molecule has 0 amide bonds. The molecule has 1 nitrogen and oxygen atoms in total. The summed E-state index contributed by atoms with van der Waals surface area (Å²) < 4.78 is 10.1. The molecular weight excluding hydrogens is 90.0 g/mol. The Morgan fingerprint density at radius 1 is 1.80 bits per heavy atom. The van der Waals surface area contributed by atoms with E-state index < -0.39 is 0 Å². The third-order valence-corrected chi connectivity index (χ3v) is 0.0630. The first-order chi connectivity index (χ1) is 1.91. The summed E-state index contributed by atoms with van der Waals surface area (Å²) in [5.74, 6) is 0. The highest BCUT2D eigenvalue weighted by atomic mass is 31.0. The van der Waals surface area contributed by atoms with Crippen LogP contribution in [0.25, 0.3) is 0 Å². The van der Waals surface area contributed by atoms with Crippen LogP contribution in [0.3, 0.4) is 0 Å². The molecule has 32 valence electrons. The van der Waals surface area contributed by atoms with Gasteiger partial charge in [-0.1, -0.05) is 6.58 Å². The molecule has 0 aromatic heterocycles. The van der Waals surface area contributed by atoms with Crippen LogP contribution in [0, 0.1) is 0 Å². The van der Waals surface area contributed by atoms with Crippen molar-refractivity contribution in [3.05, 3.63) is 12.8 Å². The Labute approximate surface area is 33.3 Å². The van der Waals surface area contributed by atoms with Crippen LogP contribution in [0.4, 0.5) is 4.53 Å². The lowest BCUT2D eigenvalue weighted by atomic mass is 11.2. The van der Waals surface area contributed by atoms with Crippen LogP contribution < -0.4 is 0 Å². The normalized spacial score (nSPS) is 4.20. The summed E-state index contributed by atoms with van der Waals surface area (Å²) in [6, 6.07) is 0. The van der Waals surface area contributed by atoms with Gasteiger partial charge in [0, 0.05) is 4.53 Å². The summed E-state index contributed by atoms with van der Waals surface area (Å²) in [7, 11) is 0. The highest BCUT2D eigenvalue weighted by molar-refractivity contribution is 6.92. The molecule has 0 spiro atoms. The second kappa shape index (κ2) is 9.09. The Bertz CT molecular complexity index is 23.6. The monoisotopic (exact) mass is 96.0 g/mol. The van der Waals surface area contributed by atoms with Crippen LogP contribution in [0.5, 0.6) is 0 Å². The van der Waals surface area contributed by atoms with Crippen molar-refractivity contribution in [3.63, 3.8) is 0 Å². The molecule has 0 saturated carbocycles. The van der Waals surface area contributed by atoms with Crippen LogP contribution in [0.15, 0.2) is 12.8 Å². The molecule has 0 heterocycles. The quantitative estimate of drug-likeness (QED) is 0.350. The van der Waals surface area contributed by atoms with Gasteiger partial charge in [0.25, 0.3) is 0 Å². The molecule has 0 aromatic rings. The molecule has 0 rings (SSSR count). The molecule has 0 saturated heterocycles. The lowest BCUT2D eigenvalue weighted by Crippen LogP contribution is -1.41. The smallest absolute Gasteiger partial charge is 0.128 e. The van der Waals surface area contributed by atoms with Gasteiger partial charge < -0.3 is 4.94 Å². The Balaban J connectivity index is 0. The molecule has 0 N–H and O–H groups in total. The molecule has 1 unspecified atom stereocenters. The Kier molecular flexibility index (Phi) is 16.1. The van der Waals surface area contributed by atoms with Gasteiger partial charge in [-0.15, -0.1) is 0 Å². The summed E-state index contributed by atoms with van der Waals surface area (Å²) >= 11 is 0. The summed E-state index contributed by atoms with van der Waals surface area (Å²) in [5, 5.41) is 0. The second-order valence-corrected chi connectivity index (χ2v) is 0.256. The van der Waals surface area contributed by atoms with Gasteiger partial charge in [-0.3, -0.25) is 0 Å². The van der Waals surface area contributed by atoms with E-state index in [-0.39, 0.29) is 9.90 Å². The van der Waals surface area contributed by atoms with E-state index >= 15 is 0 Å². The molecule has 1 atom stereocenters. The molecule has 0 aliphatic heterocycles. The molecule has 0 aliphatic rings. The fraction of sp³-hybridized carbons (Fsp3) is 0. The first kappa shape index (κ1) is 8.86. The summed E-state index contributed by atoms with van der Waals surface area (Å²) in [6.45, 7) is 2.88. The zero-order chi connectivity index (χ0) is 3.41. The highest BCUT2D eigenvalue weighted by Crippen LogP contribution is 1.63. The van der Waals surface area contributed by atoms with Gasteiger partial charge in [0.1, 0.15) is 6.26 Å². The summed E-state index contributed by atoms with van der Waals surface area (Å²) in [6.07, 6.45) is 0.708. The average Bonchev–Trinajstić information content (AvgIpc) is 1.37. The molecule has 5 heavy (non-hydrogen) atoms. The van der Waals surface area contributed by atoms with Crippen molar-refractivity contribution in [2.24, 2.45) is 0 Å². The molecular formula is C2H6FOP. The van der Waals surface area contributed by atoms with Crippen molar-refractivity contribution < 1.29 is 9.47 Å². The maximum Gasteiger partial charge on any atom is 0.128 e. The van der Waals surface area contributed by atoms with Gasteiger partial charge in [0.05, 0.1) is 0 Å². The lowest BCUT2D eigenvalue weighted by Gasteiger charge is -1.62. The van der Waals surface area contributed by atoms with E-state index in [9.17, 15) is 4.53 Å². The van der Waals surface area contributed by atoms with Crippen molar-refractivity contribution in [1.82, 2.24) is 0 Å². The van der Waals surface area contributed by atoms with Crippen LogP contribution in [-0.4, -0.2) is 0 Å². The van der Waals surface area contributed by atoms with Gasteiger partial charge in [0.15, 0.2) is 0 Å². The first-order valence-electron chi connectivity index (χ1n) is 0.798. The predicted molar refractivity (Wildman–Crippen MR) is 23.5 cm³/mol. The number of rotatable bonds is 1. The molecule has 3 heteroatoms. The van der Waals surface area contributed by atoms with Gasteiger partial charge in [-0.05, 0) is 0 Å². The average molecular weight is 96.0 g/mol. The van der Waals surface area contributed by atoms with Gasteiger partial charge >= 0.3 is 0 Å². The van der Waals surface area contributed by atoms with Crippen molar-refractivity contribution >= 4 is 9.90 Å². The van der Waals surface area contributed by atoms with Gasteiger partial charge in [0.2, 0.25) is 0 Å². The van der Waals surface area contributed by atoms with E-state index in [0.717, 1.165) is 0 Å². The summed E-state index contributed by atoms with van der Waals surface area (Å²) in [4.78, 5) is 2.81. The number of halogens is 1. The van der Waals surface area contributed by atoms with Crippen molar-refractivity contribution in [3.8, 4) is 0 Å².